The van der Waals surface area contributed by atoms with Crippen molar-refractivity contribution in [3.8, 4) is 0 Å². The van der Waals surface area contributed by atoms with Crippen molar-refractivity contribution in [1.29, 1.82) is 0 Å². The highest BCUT2D eigenvalue weighted by Crippen LogP contribution is 2.22. The molecule has 0 aliphatic heterocycles. The monoisotopic (exact) mass is 321 g/mol. The van der Waals surface area contributed by atoms with E-state index in [1.807, 2.05) is 13.8 Å². The summed E-state index contributed by atoms with van der Waals surface area (Å²) in [7, 11) is -4.40. The van der Waals surface area contributed by atoms with Crippen molar-refractivity contribution in [1.82, 2.24) is 0 Å². The maximum Gasteiger partial charge on any atom is 0.344 e. The summed E-state index contributed by atoms with van der Waals surface area (Å²) >= 11 is 0. The molecule has 1 rings (SSSR count). The summed E-state index contributed by atoms with van der Waals surface area (Å²) < 4.78 is 54.9. The second-order valence-corrected chi connectivity index (χ2v) is 6.65. The molecular weight excluding hydrogens is 304 g/mol. The van der Waals surface area contributed by atoms with Gasteiger partial charge in [0.25, 0.3) is 0 Å². The van der Waals surface area contributed by atoms with Crippen molar-refractivity contribution in [2.75, 3.05) is 0 Å². The summed E-state index contributed by atoms with van der Waals surface area (Å²) in [6.07, 6.45) is -0.0569. The molecule has 0 saturated carbocycles. The number of hydrogen-bond donors (Lipinski definition) is 1. The number of ether oxygens (including phenoxy) is 1. The fraction of sp³-hybridized carbons (Fsp3) is 0.462. The Labute approximate surface area is 122 Å². The summed E-state index contributed by atoms with van der Waals surface area (Å²) in [4.78, 5) is 10.9. The van der Waals surface area contributed by atoms with Crippen LogP contribution in [-0.2, 0) is 14.8 Å². The smallest absolute Gasteiger partial charge is 0.344 e. The molecule has 0 radical (unpaired) electrons. The highest BCUT2D eigenvalue weighted by Gasteiger charge is 2.27. The minimum Gasteiger partial charge on any atom is -0.459 e. The normalized spacial score (nSPS) is 13.3. The lowest BCUT2D eigenvalue weighted by Crippen LogP contribution is -2.21. The van der Waals surface area contributed by atoms with E-state index in [0.29, 0.717) is 18.6 Å². The number of rotatable bonds is 5. The van der Waals surface area contributed by atoms with Crippen LogP contribution in [-0.4, -0.2) is 20.5 Å². The van der Waals surface area contributed by atoms with Crippen LogP contribution < -0.4 is 5.14 Å². The van der Waals surface area contributed by atoms with Crippen LogP contribution in [0.2, 0.25) is 0 Å². The van der Waals surface area contributed by atoms with E-state index in [1.165, 1.54) is 0 Å². The molecule has 0 saturated heterocycles. The van der Waals surface area contributed by atoms with Crippen molar-refractivity contribution in [3.05, 3.63) is 29.3 Å². The summed E-state index contributed by atoms with van der Waals surface area (Å²) in [5.41, 5.74) is -1.06. The van der Waals surface area contributed by atoms with Crippen LogP contribution in [0.4, 0.5) is 8.78 Å². The Bertz CT molecular complexity index is 644. The van der Waals surface area contributed by atoms with Gasteiger partial charge in [0.05, 0.1) is 6.10 Å². The zero-order valence-corrected chi connectivity index (χ0v) is 12.7. The van der Waals surface area contributed by atoms with Gasteiger partial charge in [0.2, 0.25) is 10.0 Å². The minimum absolute atomic E-state index is 0.221. The molecule has 0 amide bonds. The van der Waals surface area contributed by atoms with Gasteiger partial charge < -0.3 is 4.74 Å². The van der Waals surface area contributed by atoms with E-state index >= 15 is 0 Å². The molecule has 1 aromatic rings. The molecule has 0 bridgehead atoms. The molecular formula is C13H17F2NO4S. The van der Waals surface area contributed by atoms with Gasteiger partial charge in [-0.2, -0.15) is 0 Å². The first kappa shape index (κ1) is 17.5. The van der Waals surface area contributed by atoms with E-state index < -0.39 is 44.2 Å². The van der Waals surface area contributed by atoms with Crippen molar-refractivity contribution < 1.29 is 26.7 Å². The standard InChI is InChI=1S/C13H17F2NO4S/c1-7(2)6-8(3)20-13(17)11-9(14)4-5-10(12(11)15)21(16,18)19/h4-5,7-8H,6H2,1-3H3,(H2,16,18,19). The van der Waals surface area contributed by atoms with Crippen molar-refractivity contribution in [3.63, 3.8) is 0 Å². The quantitative estimate of drug-likeness (QED) is 0.842. The highest BCUT2D eigenvalue weighted by atomic mass is 32.2. The van der Waals surface area contributed by atoms with Crippen LogP contribution in [0.15, 0.2) is 17.0 Å². The molecule has 0 aliphatic rings. The first-order valence-electron chi connectivity index (χ1n) is 6.25. The largest absolute Gasteiger partial charge is 0.459 e. The van der Waals surface area contributed by atoms with Crippen LogP contribution >= 0.6 is 0 Å². The second-order valence-electron chi connectivity index (χ2n) is 5.12. The maximum atomic E-state index is 14.0. The number of carbonyl (C=O) groups excluding carboxylic acids is 1. The first-order chi connectivity index (χ1) is 9.54. The van der Waals surface area contributed by atoms with Crippen LogP contribution in [0.25, 0.3) is 0 Å². The summed E-state index contributed by atoms with van der Waals surface area (Å²) in [6.45, 7) is 5.37. The molecule has 5 nitrogen and oxygen atoms in total. The molecule has 0 aliphatic carbocycles. The number of benzene rings is 1. The molecule has 8 heteroatoms. The van der Waals surface area contributed by atoms with Gasteiger partial charge in [-0.3, -0.25) is 0 Å². The van der Waals surface area contributed by atoms with Crippen LogP contribution in [0.1, 0.15) is 37.6 Å². The third-order valence-corrected chi connectivity index (χ3v) is 3.61. The van der Waals surface area contributed by atoms with E-state index in [1.54, 1.807) is 6.92 Å². The van der Waals surface area contributed by atoms with Gasteiger partial charge in [0.15, 0.2) is 5.82 Å². The average molecular weight is 321 g/mol. The highest BCUT2D eigenvalue weighted by molar-refractivity contribution is 7.89. The molecule has 1 atom stereocenters. The SMILES string of the molecule is CC(C)CC(C)OC(=O)c1c(F)ccc(S(N)(=O)=O)c1F. The van der Waals surface area contributed by atoms with E-state index in [2.05, 4.69) is 0 Å². The average Bonchev–Trinajstić information content (AvgIpc) is 2.25. The molecule has 2 N–H and O–H groups in total. The van der Waals surface area contributed by atoms with Crippen molar-refractivity contribution >= 4 is 16.0 Å². The number of halogens is 2. The lowest BCUT2D eigenvalue weighted by atomic mass is 10.1. The molecule has 1 aromatic carbocycles. The van der Waals surface area contributed by atoms with Gasteiger partial charge in [0.1, 0.15) is 16.3 Å². The zero-order valence-electron chi connectivity index (χ0n) is 11.9. The van der Waals surface area contributed by atoms with Gasteiger partial charge in [-0.15, -0.1) is 0 Å². The molecule has 1 unspecified atom stereocenters. The lowest BCUT2D eigenvalue weighted by molar-refractivity contribution is 0.0288. The molecule has 21 heavy (non-hydrogen) atoms. The second kappa shape index (κ2) is 6.48. The van der Waals surface area contributed by atoms with E-state index in [4.69, 9.17) is 9.88 Å². The van der Waals surface area contributed by atoms with Gasteiger partial charge in [-0.25, -0.2) is 27.1 Å². The number of primary sulfonamides is 1. The molecule has 0 aromatic heterocycles. The third kappa shape index (κ3) is 4.47. The minimum atomic E-state index is -4.40. The number of carbonyl (C=O) groups is 1. The van der Waals surface area contributed by atoms with Crippen LogP contribution in [0.5, 0.6) is 0 Å². The Morgan fingerprint density at radius 3 is 2.33 bits per heavy atom. The number of esters is 1. The Kier molecular flexibility index (Phi) is 5.41. The topological polar surface area (TPSA) is 86.5 Å². The van der Waals surface area contributed by atoms with Crippen LogP contribution in [0, 0.1) is 17.6 Å². The Balaban J connectivity index is 3.16. The predicted molar refractivity (Wildman–Crippen MR) is 72.1 cm³/mol. The number of nitrogens with two attached hydrogens (primary N) is 1. The van der Waals surface area contributed by atoms with Gasteiger partial charge in [-0.1, -0.05) is 13.8 Å². The van der Waals surface area contributed by atoms with Gasteiger partial charge in [-0.05, 0) is 31.4 Å². The first-order valence-corrected chi connectivity index (χ1v) is 7.80. The lowest BCUT2D eigenvalue weighted by Gasteiger charge is -2.16. The fourth-order valence-electron chi connectivity index (χ4n) is 1.89. The zero-order chi connectivity index (χ0) is 16.4. The summed E-state index contributed by atoms with van der Waals surface area (Å²) in [5, 5.41) is 4.80. The number of sulfonamides is 1. The molecule has 0 fully saturated rings. The number of hydrogen-bond acceptors (Lipinski definition) is 4. The third-order valence-electron chi connectivity index (χ3n) is 2.68. The van der Waals surface area contributed by atoms with Crippen LogP contribution in [0.3, 0.4) is 0 Å². The van der Waals surface area contributed by atoms with Crippen molar-refractivity contribution in [2.24, 2.45) is 11.1 Å². The summed E-state index contributed by atoms with van der Waals surface area (Å²) in [5.74, 6) is -3.79. The van der Waals surface area contributed by atoms with Gasteiger partial charge in [0, 0.05) is 0 Å². The van der Waals surface area contributed by atoms with E-state index in [0.717, 1.165) is 0 Å². The molecule has 118 valence electrons. The Morgan fingerprint density at radius 2 is 1.86 bits per heavy atom. The Hall–Kier alpha value is -1.54. The summed E-state index contributed by atoms with van der Waals surface area (Å²) in [6, 6.07) is 1.32. The Morgan fingerprint density at radius 1 is 1.29 bits per heavy atom. The van der Waals surface area contributed by atoms with Crippen molar-refractivity contribution in [2.45, 2.75) is 38.2 Å². The maximum absolute atomic E-state index is 14.0. The predicted octanol–water partition coefficient (Wildman–Crippen LogP) is 2.20. The molecule has 0 heterocycles. The molecule has 0 spiro atoms. The van der Waals surface area contributed by atoms with E-state index in [-0.39, 0.29) is 5.92 Å². The van der Waals surface area contributed by atoms with Gasteiger partial charge >= 0.3 is 5.97 Å². The van der Waals surface area contributed by atoms with E-state index in [9.17, 15) is 22.0 Å². The fourth-order valence-corrected chi connectivity index (χ4v) is 2.50.